The Labute approximate surface area is 128 Å². The molecule has 5 heteroatoms. The number of carbonyl (C=O) groups is 1. The predicted octanol–water partition coefficient (Wildman–Crippen LogP) is 2.87. The minimum atomic E-state index is -0.694. The van der Waals surface area contributed by atoms with Crippen molar-refractivity contribution in [3.63, 3.8) is 0 Å². The van der Waals surface area contributed by atoms with Gasteiger partial charge in [-0.1, -0.05) is 18.2 Å². The molecule has 0 bridgehead atoms. The van der Waals surface area contributed by atoms with Gasteiger partial charge >= 0.3 is 0 Å². The van der Waals surface area contributed by atoms with Crippen molar-refractivity contribution in [1.82, 2.24) is 5.32 Å². The van der Waals surface area contributed by atoms with E-state index < -0.39 is 6.10 Å². The minimum Gasteiger partial charge on any atom is -0.386 e. The Morgan fingerprint density at radius 2 is 2.10 bits per heavy atom. The van der Waals surface area contributed by atoms with Crippen molar-refractivity contribution in [2.24, 2.45) is 0 Å². The summed E-state index contributed by atoms with van der Waals surface area (Å²) in [7, 11) is 0. The first kappa shape index (κ1) is 15.9. The number of amides is 1. The molecule has 0 radical (unpaired) electrons. The van der Waals surface area contributed by atoms with Gasteiger partial charge in [-0.3, -0.25) is 4.79 Å². The molecular formula is C16H21NO3S. The molecule has 0 aliphatic heterocycles. The molecule has 1 atom stereocenters. The first-order valence-electron chi connectivity index (χ1n) is 6.92. The highest BCUT2D eigenvalue weighted by atomic mass is 32.1. The van der Waals surface area contributed by atoms with Crippen molar-refractivity contribution in [2.75, 3.05) is 13.2 Å². The molecule has 1 aromatic carbocycles. The average molecular weight is 307 g/mol. The molecule has 4 nitrogen and oxygen atoms in total. The maximum atomic E-state index is 11.7. The van der Waals surface area contributed by atoms with Crippen molar-refractivity contribution in [1.29, 1.82) is 0 Å². The van der Waals surface area contributed by atoms with E-state index in [1.54, 1.807) is 11.3 Å². The molecule has 1 unspecified atom stereocenters. The second-order valence-corrected chi connectivity index (χ2v) is 7.02. The van der Waals surface area contributed by atoms with Crippen LogP contribution in [0.2, 0.25) is 0 Å². The lowest BCUT2D eigenvalue weighted by Crippen LogP contribution is -2.34. The Morgan fingerprint density at radius 3 is 2.76 bits per heavy atom. The molecule has 114 valence electrons. The zero-order chi connectivity index (χ0) is 15.5. The lowest BCUT2D eigenvalue weighted by Gasteiger charge is -2.19. The van der Waals surface area contributed by atoms with Gasteiger partial charge in [0.2, 0.25) is 5.91 Å². The van der Waals surface area contributed by atoms with Gasteiger partial charge in [0.15, 0.2) is 0 Å². The maximum absolute atomic E-state index is 11.7. The number of ether oxygens (including phenoxy) is 1. The first-order chi connectivity index (χ1) is 9.85. The minimum absolute atomic E-state index is 0.00262. The van der Waals surface area contributed by atoms with Gasteiger partial charge in [-0.25, -0.2) is 0 Å². The van der Waals surface area contributed by atoms with Gasteiger partial charge in [0.05, 0.1) is 5.60 Å². The van der Waals surface area contributed by atoms with Gasteiger partial charge < -0.3 is 15.2 Å². The lowest BCUT2D eigenvalue weighted by atomic mass is 10.2. The van der Waals surface area contributed by atoms with E-state index in [9.17, 15) is 9.90 Å². The van der Waals surface area contributed by atoms with Gasteiger partial charge in [0.1, 0.15) is 12.7 Å². The van der Waals surface area contributed by atoms with Crippen LogP contribution in [0.25, 0.3) is 10.1 Å². The molecule has 0 saturated heterocycles. The SMILES string of the molecule is CC(C)(C)OCC(=O)NCC(O)c1cc2ccccc2s1. The summed E-state index contributed by atoms with van der Waals surface area (Å²) in [4.78, 5) is 12.5. The number of thiophene rings is 1. The van der Waals surface area contributed by atoms with Crippen LogP contribution in [-0.4, -0.2) is 29.8 Å². The first-order valence-corrected chi connectivity index (χ1v) is 7.74. The number of rotatable bonds is 5. The van der Waals surface area contributed by atoms with E-state index in [0.29, 0.717) is 0 Å². The number of hydrogen-bond acceptors (Lipinski definition) is 4. The van der Waals surface area contributed by atoms with Gasteiger partial charge in [-0.05, 0) is 38.3 Å². The van der Waals surface area contributed by atoms with Gasteiger partial charge in [0.25, 0.3) is 0 Å². The summed E-state index contributed by atoms with van der Waals surface area (Å²) in [6.07, 6.45) is -0.694. The molecule has 2 rings (SSSR count). The molecule has 0 saturated carbocycles. The van der Waals surface area contributed by atoms with Crippen LogP contribution in [0.3, 0.4) is 0 Å². The largest absolute Gasteiger partial charge is 0.386 e. The van der Waals surface area contributed by atoms with E-state index in [2.05, 4.69) is 5.32 Å². The Bertz CT molecular complexity index is 582. The highest BCUT2D eigenvalue weighted by molar-refractivity contribution is 7.19. The molecule has 2 N–H and O–H groups in total. The molecule has 0 spiro atoms. The normalized spacial score (nSPS) is 13.3. The number of aliphatic hydroxyl groups is 1. The summed E-state index contributed by atoms with van der Waals surface area (Å²) in [5.41, 5.74) is -0.346. The van der Waals surface area contributed by atoms with Crippen molar-refractivity contribution in [3.05, 3.63) is 35.2 Å². The lowest BCUT2D eigenvalue weighted by molar-refractivity contribution is -0.131. The third-order valence-corrected chi connectivity index (χ3v) is 4.12. The highest BCUT2D eigenvalue weighted by Crippen LogP contribution is 2.29. The molecule has 2 aromatic rings. The summed E-state index contributed by atoms with van der Waals surface area (Å²) in [6, 6.07) is 9.93. The summed E-state index contributed by atoms with van der Waals surface area (Å²) < 4.78 is 6.52. The molecule has 1 amide bonds. The van der Waals surface area contributed by atoms with E-state index in [1.807, 2.05) is 51.1 Å². The maximum Gasteiger partial charge on any atom is 0.246 e. The molecule has 1 aromatic heterocycles. The van der Waals surface area contributed by atoms with Crippen LogP contribution in [0.5, 0.6) is 0 Å². The molecule has 0 aliphatic carbocycles. The van der Waals surface area contributed by atoms with Crippen LogP contribution in [-0.2, 0) is 9.53 Å². The topological polar surface area (TPSA) is 58.6 Å². The number of nitrogens with one attached hydrogen (secondary N) is 1. The van der Waals surface area contributed by atoms with Gasteiger partial charge in [-0.2, -0.15) is 0 Å². The second kappa shape index (κ2) is 6.56. The number of benzene rings is 1. The number of carbonyl (C=O) groups excluding carboxylic acids is 1. The van der Waals surface area contributed by atoms with Crippen molar-refractivity contribution >= 4 is 27.3 Å². The smallest absolute Gasteiger partial charge is 0.246 e. The number of aliphatic hydroxyl groups excluding tert-OH is 1. The fraction of sp³-hybridized carbons (Fsp3) is 0.438. The van der Waals surface area contributed by atoms with E-state index in [0.717, 1.165) is 15.0 Å². The average Bonchev–Trinajstić information content (AvgIpc) is 2.85. The van der Waals surface area contributed by atoms with Gasteiger partial charge in [0, 0.05) is 16.1 Å². The quantitative estimate of drug-likeness (QED) is 0.893. The fourth-order valence-corrected chi connectivity index (χ4v) is 2.86. The molecular weight excluding hydrogens is 286 g/mol. The predicted molar refractivity (Wildman–Crippen MR) is 85.5 cm³/mol. The van der Waals surface area contributed by atoms with Crippen LogP contribution in [0.1, 0.15) is 31.8 Å². The summed E-state index contributed by atoms with van der Waals surface area (Å²) in [6.45, 7) is 5.88. The van der Waals surface area contributed by atoms with Crippen LogP contribution in [0.4, 0.5) is 0 Å². The van der Waals surface area contributed by atoms with Crippen LogP contribution < -0.4 is 5.32 Å². The van der Waals surface area contributed by atoms with Crippen molar-refractivity contribution < 1.29 is 14.6 Å². The standard InChI is InChI=1S/C16H21NO3S/c1-16(2,3)20-10-15(19)17-9-12(18)14-8-11-6-4-5-7-13(11)21-14/h4-8,12,18H,9-10H2,1-3H3,(H,17,19). The van der Waals surface area contributed by atoms with E-state index in [1.165, 1.54) is 0 Å². The molecule has 1 heterocycles. The molecule has 21 heavy (non-hydrogen) atoms. The molecule has 0 aliphatic rings. The monoisotopic (exact) mass is 307 g/mol. The van der Waals surface area contributed by atoms with E-state index in [-0.39, 0.29) is 24.7 Å². The van der Waals surface area contributed by atoms with Crippen molar-refractivity contribution in [3.8, 4) is 0 Å². The number of hydrogen-bond donors (Lipinski definition) is 2. The summed E-state index contributed by atoms with van der Waals surface area (Å²) in [5.74, 6) is -0.218. The fourth-order valence-electron chi connectivity index (χ4n) is 1.81. The third kappa shape index (κ3) is 4.81. The Hall–Kier alpha value is -1.43. The Kier molecular flexibility index (Phi) is 4.98. The second-order valence-electron chi connectivity index (χ2n) is 5.91. The Morgan fingerprint density at radius 1 is 1.38 bits per heavy atom. The zero-order valence-electron chi connectivity index (χ0n) is 12.6. The number of fused-ring (bicyclic) bond motifs is 1. The summed E-state index contributed by atoms with van der Waals surface area (Å²) in [5, 5.41) is 14.0. The van der Waals surface area contributed by atoms with Crippen LogP contribution >= 0.6 is 11.3 Å². The molecule has 0 fully saturated rings. The Balaban J connectivity index is 1.86. The van der Waals surface area contributed by atoms with E-state index in [4.69, 9.17) is 4.74 Å². The van der Waals surface area contributed by atoms with Crippen molar-refractivity contribution in [2.45, 2.75) is 32.5 Å². The van der Waals surface area contributed by atoms with Crippen LogP contribution in [0.15, 0.2) is 30.3 Å². The summed E-state index contributed by atoms with van der Waals surface area (Å²) >= 11 is 1.54. The van der Waals surface area contributed by atoms with Crippen LogP contribution in [0, 0.1) is 0 Å². The zero-order valence-corrected chi connectivity index (χ0v) is 13.4. The highest BCUT2D eigenvalue weighted by Gasteiger charge is 2.15. The third-order valence-electron chi connectivity index (χ3n) is 2.90. The van der Waals surface area contributed by atoms with E-state index >= 15 is 0 Å². The van der Waals surface area contributed by atoms with Gasteiger partial charge in [-0.15, -0.1) is 11.3 Å².